The van der Waals surface area contributed by atoms with E-state index in [4.69, 9.17) is 4.74 Å². The van der Waals surface area contributed by atoms with Gasteiger partial charge in [-0.2, -0.15) is 0 Å². The average molecular weight is 382 g/mol. The van der Waals surface area contributed by atoms with E-state index in [-0.39, 0.29) is 34.9 Å². The molecule has 5 heteroatoms. The first-order chi connectivity index (χ1) is 13.3. The molecule has 3 aromatic carbocycles. The van der Waals surface area contributed by atoms with Gasteiger partial charge in [0.15, 0.2) is 5.78 Å². The number of phenolic OH excluding ortho intramolecular Hbond substituents is 1. The maximum Gasteiger partial charge on any atom is 0.171 e. The minimum absolute atomic E-state index is 0.0687. The summed E-state index contributed by atoms with van der Waals surface area (Å²) in [6.07, 6.45) is -0.228. The summed E-state index contributed by atoms with van der Waals surface area (Å²) < 4.78 is 33.2. The van der Waals surface area contributed by atoms with E-state index in [1.807, 2.05) is 6.07 Å². The maximum absolute atomic E-state index is 14.2. The smallest absolute Gasteiger partial charge is 0.171 e. The minimum atomic E-state index is -0.555. The molecule has 0 heterocycles. The number of methoxy groups -OCH3 is 1. The average Bonchev–Trinajstić information content (AvgIpc) is 2.67. The number of carbonyl (C=O) groups is 1. The van der Waals surface area contributed by atoms with Crippen LogP contribution in [-0.2, 0) is 6.42 Å². The van der Waals surface area contributed by atoms with Crippen molar-refractivity contribution in [3.8, 4) is 22.6 Å². The Balaban J connectivity index is 2.08. The number of hydrogen-bond acceptors (Lipinski definition) is 3. The van der Waals surface area contributed by atoms with Crippen LogP contribution in [0.1, 0.15) is 27.0 Å². The van der Waals surface area contributed by atoms with Crippen LogP contribution in [0, 0.1) is 25.5 Å². The number of Topliss-reactive ketones (excluding diaryl/α,β-unsaturated/α-hetero) is 1. The lowest BCUT2D eigenvalue weighted by Gasteiger charge is -2.15. The quantitative estimate of drug-likeness (QED) is 0.602. The van der Waals surface area contributed by atoms with Gasteiger partial charge in [0, 0.05) is 12.0 Å². The van der Waals surface area contributed by atoms with E-state index in [2.05, 4.69) is 0 Å². The van der Waals surface area contributed by atoms with Crippen molar-refractivity contribution < 1.29 is 23.4 Å². The summed E-state index contributed by atoms with van der Waals surface area (Å²) in [5.41, 5.74) is 2.74. The van der Waals surface area contributed by atoms with Gasteiger partial charge in [0.1, 0.15) is 23.1 Å². The van der Waals surface area contributed by atoms with Crippen LogP contribution in [0.4, 0.5) is 8.78 Å². The molecule has 0 aliphatic carbocycles. The van der Waals surface area contributed by atoms with Crippen molar-refractivity contribution in [3.63, 3.8) is 0 Å². The third-order valence-corrected chi connectivity index (χ3v) is 4.79. The Morgan fingerprint density at radius 1 is 1.04 bits per heavy atom. The Bertz CT molecular complexity index is 1060. The number of carbonyl (C=O) groups excluding carboxylic acids is 1. The van der Waals surface area contributed by atoms with Gasteiger partial charge in [-0.1, -0.05) is 12.1 Å². The molecule has 3 rings (SSSR count). The first-order valence-corrected chi connectivity index (χ1v) is 8.76. The molecule has 144 valence electrons. The molecule has 0 aromatic heterocycles. The van der Waals surface area contributed by atoms with E-state index in [0.29, 0.717) is 28.0 Å². The molecular weight excluding hydrogens is 362 g/mol. The number of halogens is 2. The summed E-state index contributed by atoms with van der Waals surface area (Å²) in [5.74, 6) is -0.966. The Hall–Kier alpha value is -3.21. The van der Waals surface area contributed by atoms with E-state index in [1.54, 1.807) is 32.0 Å². The Morgan fingerprint density at radius 2 is 1.79 bits per heavy atom. The van der Waals surface area contributed by atoms with Crippen LogP contribution in [0.25, 0.3) is 11.1 Å². The molecule has 28 heavy (non-hydrogen) atoms. The summed E-state index contributed by atoms with van der Waals surface area (Å²) in [5, 5.41) is 9.83. The molecular formula is C23H20F2O3. The van der Waals surface area contributed by atoms with Crippen molar-refractivity contribution in [2.24, 2.45) is 0 Å². The Labute approximate surface area is 162 Å². The summed E-state index contributed by atoms with van der Waals surface area (Å²) in [6.45, 7) is 3.35. The number of aromatic hydroxyl groups is 1. The number of ether oxygens (including phenoxy) is 1. The van der Waals surface area contributed by atoms with Gasteiger partial charge < -0.3 is 9.84 Å². The molecule has 0 radical (unpaired) electrons. The van der Waals surface area contributed by atoms with E-state index in [1.165, 1.54) is 25.3 Å². The lowest BCUT2D eigenvalue weighted by molar-refractivity contribution is 0.0988. The van der Waals surface area contributed by atoms with Gasteiger partial charge in [-0.25, -0.2) is 8.78 Å². The van der Waals surface area contributed by atoms with E-state index >= 15 is 0 Å². The summed E-state index contributed by atoms with van der Waals surface area (Å²) in [6, 6.07) is 11.9. The van der Waals surface area contributed by atoms with Crippen molar-refractivity contribution in [3.05, 3.63) is 82.4 Å². The van der Waals surface area contributed by atoms with Gasteiger partial charge in [0.05, 0.1) is 12.7 Å². The molecule has 0 spiro atoms. The van der Waals surface area contributed by atoms with Gasteiger partial charge in [-0.05, 0) is 72.5 Å². The summed E-state index contributed by atoms with van der Waals surface area (Å²) >= 11 is 0. The molecule has 0 aliphatic heterocycles. The maximum atomic E-state index is 14.2. The highest BCUT2D eigenvalue weighted by molar-refractivity contribution is 6.01. The first kappa shape index (κ1) is 19.5. The second-order valence-corrected chi connectivity index (χ2v) is 6.65. The second-order valence-electron chi connectivity index (χ2n) is 6.65. The van der Waals surface area contributed by atoms with Crippen molar-refractivity contribution >= 4 is 5.78 Å². The molecule has 0 fully saturated rings. The largest absolute Gasteiger partial charge is 0.508 e. The third kappa shape index (κ3) is 3.74. The van der Waals surface area contributed by atoms with Crippen LogP contribution >= 0.6 is 0 Å². The molecule has 0 atom stereocenters. The molecule has 0 aliphatic rings. The van der Waals surface area contributed by atoms with Crippen LogP contribution in [0.15, 0.2) is 48.5 Å². The fourth-order valence-electron chi connectivity index (χ4n) is 3.27. The molecule has 0 bridgehead atoms. The zero-order valence-corrected chi connectivity index (χ0v) is 15.8. The van der Waals surface area contributed by atoms with Gasteiger partial charge in [-0.3, -0.25) is 4.79 Å². The van der Waals surface area contributed by atoms with E-state index < -0.39 is 5.82 Å². The fraction of sp³-hybridized carbons (Fsp3) is 0.174. The van der Waals surface area contributed by atoms with Crippen LogP contribution in [-0.4, -0.2) is 18.0 Å². The number of phenols is 1. The standard InChI is InChI=1S/C23H20F2O3/c1-13-9-16(15-5-4-6-17(24)10-15)11-19(23(13)28-3)22(27)12-18-14(2)21(26)8-7-20(18)25/h4-11,26H,12H2,1-3H3. The lowest BCUT2D eigenvalue weighted by Crippen LogP contribution is -2.10. The van der Waals surface area contributed by atoms with Crippen molar-refractivity contribution in [2.45, 2.75) is 20.3 Å². The topological polar surface area (TPSA) is 46.5 Å². The van der Waals surface area contributed by atoms with E-state index in [9.17, 15) is 18.7 Å². The molecule has 0 saturated carbocycles. The Morgan fingerprint density at radius 3 is 2.46 bits per heavy atom. The molecule has 3 aromatic rings. The van der Waals surface area contributed by atoms with Crippen LogP contribution < -0.4 is 4.74 Å². The molecule has 0 unspecified atom stereocenters. The van der Waals surface area contributed by atoms with E-state index in [0.717, 1.165) is 6.07 Å². The normalized spacial score (nSPS) is 10.8. The summed E-state index contributed by atoms with van der Waals surface area (Å²) in [7, 11) is 1.46. The highest BCUT2D eigenvalue weighted by Crippen LogP contribution is 2.33. The predicted octanol–water partition coefficient (Wildman–Crippen LogP) is 5.39. The van der Waals surface area contributed by atoms with Crippen LogP contribution in [0.3, 0.4) is 0 Å². The summed E-state index contributed by atoms with van der Waals surface area (Å²) in [4.78, 5) is 13.0. The van der Waals surface area contributed by atoms with Crippen molar-refractivity contribution in [1.29, 1.82) is 0 Å². The van der Waals surface area contributed by atoms with Gasteiger partial charge in [-0.15, -0.1) is 0 Å². The molecule has 1 N–H and O–H groups in total. The first-order valence-electron chi connectivity index (χ1n) is 8.76. The van der Waals surface area contributed by atoms with Crippen molar-refractivity contribution in [2.75, 3.05) is 7.11 Å². The number of rotatable bonds is 5. The Kier molecular flexibility index (Phi) is 5.45. The number of benzene rings is 3. The van der Waals surface area contributed by atoms with Crippen molar-refractivity contribution in [1.82, 2.24) is 0 Å². The third-order valence-electron chi connectivity index (χ3n) is 4.79. The zero-order chi connectivity index (χ0) is 20.4. The predicted molar refractivity (Wildman–Crippen MR) is 104 cm³/mol. The van der Waals surface area contributed by atoms with Gasteiger partial charge in [0.2, 0.25) is 0 Å². The monoisotopic (exact) mass is 382 g/mol. The zero-order valence-electron chi connectivity index (χ0n) is 15.8. The second kappa shape index (κ2) is 7.80. The number of ketones is 1. The van der Waals surface area contributed by atoms with Crippen LogP contribution in [0.2, 0.25) is 0 Å². The SMILES string of the molecule is COc1c(C)cc(-c2cccc(F)c2)cc1C(=O)Cc1c(F)ccc(O)c1C. The fourth-order valence-corrected chi connectivity index (χ4v) is 3.27. The highest BCUT2D eigenvalue weighted by atomic mass is 19.1. The van der Waals surface area contributed by atoms with Crippen LogP contribution in [0.5, 0.6) is 11.5 Å². The highest BCUT2D eigenvalue weighted by Gasteiger charge is 2.20. The molecule has 3 nitrogen and oxygen atoms in total. The molecule has 0 saturated heterocycles. The molecule has 0 amide bonds. The lowest BCUT2D eigenvalue weighted by atomic mass is 9.93. The van der Waals surface area contributed by atoms with Gasteiger partial charge in [0.25, 0.3) is 0 Å². The van der Waals surface area contributed by atoms with Gasteiger partial charge >= 0.3 is 0 Å². The minimum Gasteiger partial charge on any atom is -0.508 e. The number of aryl methyl sites for hydroxylation is 1. The number of hydrogen-bond donors (Lipinski definition) is 1.